The zero-order valence-electron chi connectivity index (χ0n) is 11.9. The minimum atomic E-state index is -0.224. The molecule has 0 aliphatic rings. The Morgan fingerprint density at radius 1 is 1.25 bits per heavy atom. The number of benzene rings is 1. The second-order valence-corrected chi connectivity index (χ2v) is 4.85. The Morgan fingerprint density at radius 3 is 2.60 bits per heavy atom. The maximum Gasteiger partial charge on any atom is 0.126 e. The Labute approximate surface area is 118 Å². The number of hydrazine groups is 1. The average Bonchev–Trinajstić information content (AvgIpc) is 2.44. The van der Waals surface area contributed by atoms with Crippen molar-refractivity contribution in [3.8, 4) is 0 Å². The Balaban J connectivity index is 2.51. The van der Waals surface area contributed by atoms with Crippen LogP contribution in [0.5, 0.6) is 0 Å². The molecule has 4 nitrogen and oxygen atoms in total. The molecule has 2 rings (SSSR count). The number of aryl methyl sites for hydroxylation is 3. The molecule has 1 unspecified atom stereocenters. The monoisotopic (exact) mass is 274 g/mol. The second-order valence-electron chi connectivity index (χ2n) is 4.85. The van der Waals surface area contributed by atoms with E-state index in [1.807, 2.05) is 19.9 Å². The molecule has 0 aliphatic carbocycles. The highest BCUT2D eigenvalue weighted by Crippen LogP contribution is 2.25. The maximum atomic E-state index is 13.4. The normalized spacial score (nSPS) is 12.4. The molecule has 3 N–H and O–H groups in total. The van der Waals surface area contributed by atoms with Crippen molar-refractivity contribution in [2.45, 2.75) is 33.2 Å². The average molecular weight is 274 g/mol. The van der Waals surface area contributed by atoms with Gasteiger partial charge in [-0.2, -0.15) is 10.2 Å². The van der Waals surface area contributed by atoms with E-state index in [1.54, 1.807) is 19.1 Å². The van der Waals surface area contributed by atoms with Crippen LogP contribution in [0, 0.1) is 19.7 Å². The fourth-order valence-corrected chi connectivity index (χ4v) is 2.27. The van der Waals surface area contributed by atoms with Gasteiger partial charge in [0.25, 0.3) is 0 Å². The van der Waals surface area contributed by atoms with Crippen molar-refractivity contribution >= 4 is 0 Å². The summed E-state index contributed by atoms with van der Waals surface area (Å²) in [6.45, 7) is 5.65. The largest absolute Gasteiger partial charge is 0.271 e. The lowest BCUT2D eigenvalue weighted by Gasteiger charge is -2.20. The van der Waals surface area contributed by atoms with Crippen molar-refractivity contribution in [3.05, 3.63) is 58.2 Å². The minimum Gasteiger partial charge on any atom is -0.271 e. The quantitative estimate of drug-likeness (QED) is 0.663. The number of nitrogens with two attached hydrogens (primary N) is 1. The summed E-state index contributed by atoms with van der Waals surface area (Å²) >= 11 is 0. The molecule has 2 aromatic rings. The standard InChI is InChI=1S/C15H19FN4/c1-4-14-12(8-10(3)19-20-14)15(18-17)11-5-6-13(16)9(2)7-11/h5-8,15,18H,4,17H2,1-3H3. The van der Waals surface area contributed by atoms with E-state index >= 15 is 0 Å². The third kappa shape index (κ3) is 2.84. The van der Waals surface area contributed by atoms with Crippen LogP contribution in [0.1, 0.15) is 41.0 Å². The smallest absolute Gasteiger partial charge is 0.126 e. The van der Waals surface area contributed by atoms with Gasteiger partial charge in [-0.3, -0.25) is 5.84 Å². The predicted molar refractivity (Wildman–Crippen MR) is 76.5 cm³/mol. The summed E-state index contributed by atoms with van der Waals surface area (Å²) in [5.41, 5.74) is 7.00. The first-order valence-corrected chi connectivity index (χ1v) is 6.62. The van der Waals surface area contributed by atoms with Gasteiger partial charge in [-0.05, 0) is 43.5 Å². The zero-order chi connectivity index (χ0) is 14.7. The Hall–Kier alpha value is -1.85. The Bertz CT molecular complexity index is 613. The van der Waals surface area contributed by atoms with Crippen LogP contribution in [0.15, 0.2) is 24.3 Å². The molecule has 1 aromatic carbocycles. The van der Waals surface area contributed by atoms with Gasteiger partial charge in [-0.1, -0.05) is 19.1 Å². The highest BCUT2D eigenvalue weighted by molar-refractivity contribution is 5.36. The van der Waals surface area contributed by atoms with Crippen molar-refractivity contribution < 1.29 is 4.39 Å². The highest BCUT2D eigenvalue weighted by Gasteiger charge is 2.18. The molecular weight excluding hydrogens is 255 g/mol. The summed E-state index contributed by atoms with van der Waals surface area (Å²) in [6.07, 6.45) is 0.765. The lowest BCUT2D eigenvalue weighted by atomic mass is 9.95. The summed E-state index contributed by atoms with van der Waals surface area (Å²) < 4.78 is 13.4. The van der Waals surface area contributed by atoms with Crippen LogP contribution in [0.25, 0.3) is 0 Å². The summed E-state index contributed by atoms with van der Waals surface area (Å²) in [6, 6.07) is 6.74. The number of nitrogens with zero attached hydrogens (tertiary/aromatic N) is 2. The van der Waals surface area contributed by atoms with Gasteiger partial charge in [-0.15, -0.1) is 0 Å². The van der Waals surface area contributed by atoms with Gasteiger partial charge < -0.3 is 0 Å². The Morgan fingerprint density at radius 2 is 2.00 bits per heavy atom. The first-order chi connectivity index (χ1) is 9.56. The van der Waals surface area contributed by atoms with Crippen LogP contribution >= 0.6 is 0 Å². The van der Waals surface area contributed by atoms with Crippen molar-refractivity contribution in [2.75, 3.05) is 0 Å². The van der Waals surface area contributed by atoms with Crippen LogP contribution in [0.4, 0.5) is 4.39 Å². The molecule has 5 heteroatoms. The minimum absolute atomic E-state index is 0.218. The van der Waals surface area contributed by atoms with E-state index in [4.69, 9.17) is 5.84 Å². The van der Waals surface area contributed by atoms with E-state index in [0.717, 1.165) is 28.9 Å². The van der Waals surface area contributed by atoms with Gasteiger partial charge in [0.05, 0.1) is 17.4 Å². The molecule has 0 amide bonds. The van der Waals surface area contributed by atoms with Gasteiger partial charge in [-0.25, -0.2) is 9.82 Å². The molecule has 1 aromatic heterocycles. The molecule has 0 bridgehead atoms. The van der Waals surface area contributed by atoms with Crippen LogP contribution in [-0.2, 0) is 6.42 Å². The first-order valence-electron chi connectivity index (χ1n) is 6.62. The molecule has 106 valence electrons. The topological polar surface area (TPSA) is 63.8 Å². The van der Waals surface area contributed by atoms with Crippen LogP contribution < -0.4 is 11.3 Å². The zero-order valence-corrected chi connectivity index (χ0v) is 11.9. The lowest BCUT2D eigenvalue weighted by Crippen LogP contribution is -2.30. The molecule has 20 heavy (non-hydrogen) atoms. The molecule has 0 fully saturated rings. The van der Waals surface area contributed by atoms with Gasteiger partial charge in [0.1, 0.15) is 5.82 Å². The molecule has 0 saturated heterocycles. The van der Waals surface area contributed by atoms with E-state index in [1.165, 1.54) is 6.07 Å². The number of aromatic nitrogens is 2. The van der Waals surface area contributed by atoms with E-state index in [0.29, 0.717) is 5.56 Å². The molecule has 0 aliphatic heterocycles. The van der Waals surface area contributed by atoms with Gasteiger partial charge in [0.15, 0.2) is 0 Å². The predicted octanol–water partition coefficient (Wildman–Crippen LogP) is 2.35. The fraction of sp³-hybridized carbons (Fsp3) is 0.333. The molecule has 0 saturated carbocycles. The van der Waals surface area contributed by atoms with Gasteiger partial charge in [0, 0.05) is 5.56 Å². The van der Waals surface area contributed by atoms with Crippen LogP contribution in [0.3, 0.4) is 0 Å². The van der Waals surface area contributed by atoms with E-state index in [-0.39, 0.29) is 11.9 Å². The number of halogens is 1. The van der Waals surface area contributed by atoms with Crippen molar-refractivity contribution in [3.63, 3.8) is 0 Å². The fourth-order valence-electron chi connectivity index (χ4n) is 2.27. The van der Waals surface area contributed by atoms with E-state index < -0.39 is 0 Å². The maximum absolute atomic E-state index is 13.4. The van der Waals surface area contributed by atoms with E-state index in [2.05, 4.69) is 15.6 Å². The highest BCUT2D eigenvalue weighted by atomic mass is 19.1. The van der Waals surface area contributed by atoms with Crippen molar-refractivity contribution in [1.29, 1.82) is 0 Å². The number of hydrogen-bond donors (Lipinski definition) is 2. The summed E-state index contributed by atoms with van der Waals surface area (Å²) in [5, 5.41) is 8.29. The first kappa shape index (κ1) is 14.6. The van der Waals surface area contributed by atoms with Crippen LogP contribution in [-0.4, -0.2) is 10.2 Å². The number of nitrogens with one attached hydrogen (secondary N) is 1. The second kappa shape index (κ2) is 6.07. The SMILES string of the molecule is CCc1nnc(C)cc1C(NN)c1ccc(F)c(C)c1. The van der Waals surface area contributed by atoms with Gasteiger partial charge in [0.2, 0.25) is 0 Å². The third-order valence-electron chi connectivity index (χ3n) is 3.35. The lowest BCUT2D eigenvalue weighted by molar-refractivity contribution is 0.603. The van der Waals surface area contributed by atoms with Crippen molar-refractivity contribution in [1.82, 2.24) is 15.6 Å². The number of rotatable bonds is 4. The molecule has 0 spiro atoms. The summed E-state index contributed by atoms with van der Waals surface area (Å²) in [4.78, 5) is 0. The molecule has 0 radical (unpaired) electrons. The number of hydrogen-bond acceptors (Lipinski definition) is 4. The van der Waals surface area contributed by atoms with E-state index in [9.17, 15) is 4.39 Å². The van der Waals surface area contributed by atoms with Gasteiger partial charge >= 0.3 is 0 Å². The van der Waals surface area contributed by atoms with Crippen LogP contribution in [0.2, 0.25) is 0 Å². The summed E-state index contributed by atoms with van der Waals surface area (Å²) in [7, 11) is 0. The molecule has 1 heterocycles. The molecule has 1 atom stereocenters. The summed E-state index contributed by atoms with van der Waals surface area (Å²) in [5.74, 6) is 5.49. The Kier molecular flexibility index (Phi) is 4.42. The van der Waals surface area contributed by atoms with Crippen molar-refractivity contribution in [2.24, 2.45) is 5.84 Å². The third-order valence-corrected chi connectivity index (χ3v) is 3.35. The molecular formula is C15H19FN4.